The van der Waals surface area contributed by atoms with Gasteiger partial charge in [-0.1, -0.05) is 0 Å². The van der Waals surface area contributed by atoms with Gasteiger partial charge in [0.25, 0.3) is 0 Å². The number of hydrogen-bond acceptors (Lipinski definition) is 3. The second-order valence-corrected chi connectivity index (χ2v) is 7.05. The first-order valence-electron chi connectivity index (χ1n) is 8.99. The van der Waals surface area contributed by atoms with Crippen molar-refractivity contribution < 1.29 is 4.79 Å². The molecular formula is C17H35IN4OS. The topological polar surface area (TPSA) is 56.7 Å². The molecule has 1 amide bonds. The smallest absolute Gasteiger partial charge is 0.224 e. The van der Waals surface area contributed by atoms with E-state index in [9.17, 15) is 4.79 Å². The van der Waals surface area contributed by atoms with Crippen molar-refractivity contribution in [3.63, 3.8) is 0 Å². The van der Waals surface area contributed by atoms with Crippen LogP contribution < -0.4 is 10.6 Å². The molecule has 1 heterocycles. The number of thioether (sulfide) groups is 1. The van der Waals surface area contributed by atoms with Crippen LogP contribution in [0.15, 0.2) is 4.99 Å². The summed E-state index contributed by atoms with van der Waals surface area (Å²) in [7, 11) is 0. The number of rotatable bonds is 9. The highest BCUT2D eigenvalue weighted by Gasteiger charge is 2.22. The summed E-state index contributed by atoms with van der Waals surface area (Å²) in [5.41, 5.74) is 0. The maximum absolute atomic E-state index is 12.3. The molecule has 24 heavy (non-hydrogen) atoms. The van der Waals surface area contributed by atoms with Crippen LogP contribution in [0.2, 0.25) is 0 Å². The highest BCUT2D eigenvalue weighted by molar-refractivity contribution is 14.0. The molecule has 7 heteroatoms. The van der Waals surface area contributed by atoms with Crippen LogP contribution in [-0.2, 0) is 4.79 Å². The Hall–Kier alpha value is -0.180. The van der Waals surface area contributed by atoms with Gasteiger partial charge < -0.3 is 15.5 Å². The van der Waals surface area contributed by atoms with E-state index in [1.165, 1.54) is 18.6 Å². The molecule has 0 aliphatic carbocycles. The third-order valence-corrected chi connectivity index (χ3v) is 4.82. The molecule has 0 aromatic rings. The molecule has 0 bridgehead atoms. The molecule has 0 aromatic carbocycles. The van der Waals surface area contributed by atoms with Crippen LogP contribution in [-0.4, -0.2) is 61.0 Å². The average molecular weight is 470 g/mol. The molecule has 0 spiro atoms. The van der Waals surface area contributed by atoms with Gasteiger partial charge in [-0.2, -0.15) is 11.8 Å². The molecule has 1 unspecified atom stereocenters. The van der Waals surface area contributed by atoms with Gasteiger partial charge in [0.15, 0.2) is 5.96 Å². The maximum Gasteiger partial charge on any atom is 0.224 e. The lowest BCUT2D eigenvalue weighted by Gasteiger charge is -2.33. The standard InChI is InChI=1S/C17H34N4OS.HI/c1-4-18-17(19-11-6-8-14-23-3)20-12-10-16(22)21-13-7-5-9-15(21)2;/h15H,4-14H2,1-3H3,(H2,18,19,20);1H. The van der Waals surface area contributed by atoms with Crippen molar-refractivity contribution in [3.05, 3.63) is 0 Å². The van der Waals surface area contributed by atoms with Gasteiger partial charge in [-0.3, -0.25) is 9.79 Å². The normalized spacial score (nSPS) is 18.0. The number of guanidine groups is 1. The number of halogens is 1. The fourth-order valence-corrected chi connectivity index (χ4v) is 3.28. The van der Waals surface area contributed by atoms with Crippen molar-refractivity contribution in [3.8, 4) is 0 Å². The van der Waals surface area contributed by atoms with Gasteiger partial charge in [-0.25, -0.2) is 0 Å². The Labute approximate surface area is 169 Å². The van der Waals surface area contributed by atoms with Gasteiger partial charge in [-0.15, -0.1) is 24.0 Å². The number of carbonyl (C=O) groups is 1. The van der Waals surface area contributed by atoms with Crippen LogP contribution in [0, 0.1) is 0 Å². The van der Waals surface area contributed by atoms with Gasteiger partial charge in [-0.05, 0) is 58.0 Å². The first-order chi connectivity index (χ1) is 11.2. The number of nitrogens with one attached hydrogen (secondary N) is 2. The molecule has 5 nitrogen and oxygen atoms in total. The Morgan fingerprint density at radius 1 is 1.29 bits per heavy atom. The molecule has 1 atom stereocenters. The zero-order valence-corrected chi connectivity index (χ0v) is 18.6. The van der Waals surface area contributed by atoms with Crippen LogP contribution in [0.5, 0.6) is 0 Å². The van der Waals surface area contributed by atoms with Crippen molar-refractivity contribution >= 4 is 47.6 Å². The average Bonchev–Trinajstić information content (AvgIpc) is 2.55. The molecule has 1 saturated heterocycles. The first-order valence-corrected chi connectivity index (χ1v) is 10.4. The summed E-state index contributed by atoms with van der Waals surface area (Å²) in [6, 6.07) is 0.398. The van der Waals surface area contributed by atoms with E-state index < -0.39 is 0 Å². The number of amides is 1. The minimum absolute atomic E-state index is 0. The number of nitrogens with zero attached hydrogens (tertiary/aromatic N) is 2. The van der Waals surface area contributed by atoms with E-state index in [-0.39, 0.29) is 29.9 Å². The summed E-state index contributed by atoms with van der Waals surface area (Å²) in [6.45, 7) is 7.47. The lowest BCUT2D eigenvalue weighted by molar-refractivity contribution is -0.134. The summed E-state index contributed by atoms with van der Waals surface area (Å²) in [5.74, 6) is 2.29. The highest BCUT2D eigenvalue weighted by atomic mass is 127. The lowest BCUT2D eigenvalue weighted by Crippen LogP contribution is -2.44. The van der Waals surface area contributed by atoms with Crippen molar-refractivity contribution in [2.24, 2.45) is 4.99 Å². The van der Waals surface area contributed by atoms with Crippen molar-refractivity contribution in [1.29, 1.82) is 0 Å². The zero-order valence-electron chi connectivity index (χ0n) is 15.5. The molecule has 1 aliphatic rings. The predicted molar refractivity (Wildman–Crippen MR) is 117 cm³/mol. The van der Waals surface area contributed by atoms with E-state index in [1.54, 1.807) is 0 Å². The second kappa shape index (κ2) is 15.1. The molecule has 0 aromatic heterocycles. The maximum atomic E-state index is 12.3. The van der Waals surface area contributed by atoms with Crippen LogP contribution in [0.1, 0.15) is 52.4 Å². The van der Waals surface area contributed by atoms with E-state index >= 15 is 0 Å². The number of piperidine rings is 1. The molecule has 1 fully saturated rings. The Morgan fingerprint density at radius 3 is 2.75 bits per heavy atom. The third-order valence-electron chi connectivity index (χ3n) is 4.13. The third kappa shape index (κ3) is 9.96. The minimum Gasteiger partial charge on any atom is -0.357 e. The van der Waals surface area contributed by atoms with E-state index in [4.69, 9.17) is 0 Å². The second-order valence-electron chi connectivity index (χ2n) is 6.07. The Kier molecular flexibility index (Phi) is 15.0. The summed E-state index contributed by atoms with van der Waals surface area (Å²) >= 11 is 1.88. The summed E-state index contributed by atoms with van der Waals surface area (Å²) in [6.07, 6.45) is 8.52. The van der Waals surface area contributed by atoms with E-state index in [1.807, 2.05) is 16.7 Å². The fraction of sp³-hybridized carbons (Fsp3) is 0.882. The van der Waals surface area contributed by atoms with Gasteiger partial charge in [0.2, 0.25) is 5.91 Å². The zero-order chi connectivity index (χ0) is 16.9. The SMILES string of the molecule is CCNC(=NCCCCSC)NCCC(=O)N1CCCCC1C.I. The van der Waals surface area contributed by atoms with Gasteiger partial charge >= 0.3 is 0 Å². The summed E-state index contributed by atoms with van der Waals surface area (Å²) < 4.78 is 0. The van der Waals surface area contributed by atoms with E-state index in [0.29, 0.717) is 19.0 Å². The molecule has 0 radical (unpaired) electrons. The van der Waals surface area contributed by atoms with Crippen molar-refractivity contribution in [2.45, 2.75) is 58.4 Å². The monoisotopic (exact) mass is 470 g/mol. The van der Waals surface area contributed by atoms with Crippen LogP contribution in [0.3, 0.4) is 0 Å². The number of carbonyl (C=O) groups excluding carboxylic acids is 1. The number of likely N-dealkylation sites (tertiary alicyclic amines) is 1. The molecule has 1 aliphatic heterocycles. The Morgan fingerprint density at radius 2 is 2.08 bits per heavy atom. The molecule has 0 saturated carbocycles. The van der Waals surface area contributed by atoms with Gasteiger partial charge in [0.05, 0.1) is 0 Å². The van der Waals surface area contributed by atoms with Crippen molar-refractivity contribution in [1.82, 2.24) is 15.5 Å². The molecule has 2 N–H and O–H groups in total. The Balaban J connectivity index is 0.00000529. The lowest BCUT2D eigenvalue weighted by atomic mass is 10.0. The molecule has 1 rings (SSSR count). The predicted octanol–water partition coefficient (Wildman–Crippen LogP) is 3.09. The molecular weight excluding hydrogens is 435 g/mol. The van der Waals surface area contributed by atoms with Crippen molar-refractivity contribution in [2.75, 3.05) is 38.2 Å². The van der Waals surface area contributed by atoms with Gasteiger partial charge in [0, 0.05) is 38.6 Å². The first kappa shape index (κ1) is 23.8. The minimum atomic E-state index is 0. The fourth-order valence-electron chi connectivity index (χ4n) is 2.79. The number of unbranched alkanes of at least 4 members (excludes halogenated alkanes) is 1. The summed E-state index contributed by atoms with van der Waals surface area (Å²) in [4.78, 5) is 18.9. The van der Waals surface area contributed by atoms with Gasteiger partial charge in [0.1, 0.15) is 0 Å². The summed E-state index contributed by atoms with van der Waals surface area (Å²) in [5, 5.41) is 6.53. The molecule has 142 valence electrons. The van der Waals surface area contributed by atoms with E-state index in [0.717, 1.165) is 44.9 Å². The van der Waals surface area contributed by atoms with E-state index in [2.05, 4.69) is 35.7 Å². The van der Waals surface area contributed by atoms with Crippen LogP contribution in [0.4, 0.5) is 0 Å². The van der Waals surface area contributed by atoms with Crippen LogP contribution >= 0.6 is 35.7 Å². The largest absolute Gasteiger partial charge is 0.357 e. The number of aliphatic imine (C=N–C) groups is 1. The quantitative estimate of drug-likeness (QED) is 0.235. The number of hydrogen-bond donors (Lipinski definition) is 2. The highest BCUT2D eigenvalue weighted by Crippen LogP contribution is 2.16. The van der Waals surface area contributed by atoms with Crippen LogP contribution in [0.25, 0.3) is 0 Å². The Bertz CT molecular complexity index is 368.